The van der Waals surface area contributed by atoms with Crippen molar-refractivity contribution in [3.8, 4) is 0 Å². The van der Waals surface area contributed by atoms with Crippen molar-refractivity contribution in [3.05, 3.63) is 18.0 Å². The van der Waals surface area contributed by atoms with Crippen LogP contribution in [0.1, 0.15) is 37.7 Å². The molecule has 1 aromatic heterocycles. The van der Waals surface area contributed by atoms with Crippen molar-refractivity contribution in [2.24, 2.45) is 5.92 Å². The SMILES string of the molecule is c1nn(CC2CCC2)cc1CNC1CC1. The average Bonchev–Trinajstić information content (AvgIpc) is 2.89. The zero-order valence-corrected chi connectivity index (χ0v) is 9.15. The molecule has 15 heavy (non-hydrogen) atoms. The second-order valence-electron chi connectivity index (χ2n) is 5.02. The molecule has 2 aliphatic rings. The summed E-state index contributed by atoms with van der Waals surface area (Å²) in [6.45, 7) is 2.12. The van der Waals surface area contributed by atoms with Gasteiger partial charge < -0.3 is 5.32 Å². The monoisotopic (exact) mass is 205 g/mol. The van der Waals surface area contributed by atoms with Gasteiger partial charge in [-0.2, -0.15) is 5.10 Å². The molecular formula is C12H19N3. The lowest BCUT2D eigenvalue weighted by atomic mass is 9.85. The predicted octanol–water partition coefficient (Wildman–Crippen LogP) is 1.94. The van der Waals surface area contributed by atoms with E-state index in [0.717, 1.165) is 25.0 Å². The van der Waals surface area contributed by atoms with Gasteiger partial charge in [-0.15, -0.1) is 0 Å². The van der Waals surface area contributed by atoms with Crippen LogP contribution in [-0.2, 0) is 13.1 Å². The summed E-state index contributed by atoms with van der Waals surface area (Å²) in [6, 6.07) is 0.792. The molecule has 0 spiro atoms. The lowest BCUT2D eigenvalue weighted by Crippen LogP contribution is -2.18. The Balaban J connectivity index is 1.50. The summed E-state index contributed by atoms with van der Waals surface area (Å²) in [5, 5.41) is 7.93. The summed E-state index contributed by atoms with van der Waals surface area (Å²) in [7, 11) is 0. The minimum absolute atomic E-state index is 0.792. The Morgan fingerprint density at radius 2 is 2.20 bits per heavy atom. The second-order valence-corrected chi connectivity index (χ2v) is 5.02. The number of rotatable bonds is 5. The second kappa shape index (κ2) is 3.97. The molecule has 2 saturated carbocycles. The quantitative estimate of drug-likeness (QED) is 0.796. The van der Waals surface area contributed by atoms with E-state index in [1.54, 1.807) is 0 Å². The fraction of sp³-hybridized carbons (Fsp3) is 0.750. The highest BCUT2D eigenvalue weighted by Gasteiger charge is 2.20. The molecule has 3 rings (SSSR count). The van der Waals surface area contributed by atoms with Crippen molar-refractivity contribution in [1.82, 2.24) is 15.1 Å². The Morgan fingerprint density at radius 3 is 2.87 bits per heavy atom. The molecule has 82 valence electrons. The van der Waals surface area contributed by atoms with Gasteiger partial charge in [-0.25, -0.2) is 0 Å². The molecule has 0 aliphatic heterocycles. The van der Waals surface area contributed by atoms with Crippen molar-refractivity contribution in [2.75, 3.05) is 0 Å². The predicted molar refractivity (Wildman–Crippen MR) is 59.4 cm³/mol. The van der Waals surface area contributed by atoms with E-state index in [-0.39, 0.29) is 0 Å². The third-order valence-electron chi connectivity index (χ3n) is 3.53. The van der Waals surface area contributed by atoms with E-state index in [0.29, 0.717) is 0 Å². The molecule has 0 saturated heterocycles. The minimum Gasteiger partial charge on any atom is -0.310 e. The van der Waals surface area contributed by atoms with Gasteiger partial charge in [0.25, 0.3) is 0 Å². The summed E-state index contributed by atoms with van der Waals surface area (Å²) >= 11 is 0. The van der Waals surface area contributed by atoms with Gasteiger partial charge in [-0.3, -0.25) is 4.68 Å². The molecule has 1 heterocycles. The molecule has 3 nitrogen and oxygen atoms in total. The first-order valence-corrected chi connectivity index (χ1v) is 6.15. The normalized spacial score (nSPS) is 21.6. The topological polar surface area (TPSA) is 29.9 Å². The molecule has 1 aromatic rings. The third-order valence-corrected chi connectivity index (χ3v) is 3.53. The van der Waals surface area contributed by atoms with Crippen LogP contribution in [0.5, 0.6) is 0 Å². The molecule has 1 N–H and O–H groups in total. The first-order chi connectivity index (χ1) is 7.40. The highest BCUT2D eigenvalue weighted by atomic mass is 15.3. The smallest absolute Gasteiger partial charge is 0.0534 e. The molecule has 0 aromatic carbocycles. The summed E-state index contributed by atoms with van der Waals surface area (Å²) in [5.41, 5.74) is 1.33. The highest BCUT2D eigenvalue weighted by molar-refractivity contribution is 5.04. The third kappa shape index (κ3) is 2.40. The lowest BCUT2D eigenvalue weighted by molar-refractivity contribution is 0.266. The van der Waals surface area contributed by atoms with Gasteiger partial charge in [0.15, 0.2) is 0 Å². The van der Waals surface area contributed by atoms with Gasteiger partial charge in [0, 0.05) is 30.9 Å². The van der Waals surface area contributed by atoms with Crippen molar-refractivity contribution in [1.29, 1.82) is 0 Å². The summed E-state index contributed by atoms with van der Waals surface area (Å²) in [4.78, 5) is 0. The lowest BCUT2D eigenvalue weighted by Gasteiger charge is -2.24. The average molecular weight is 205 g/mol. The fourth-order valence-corrected chi connectivity index (χ4v) is 2.09. The Labute approximate surface area is 90.9 Å². The van der Waals surface area contributed by atoms with Gasteiger partial charge in [0.05, 0.1) is 6.20 Å². The van der Waals surface area contributed by atoms with E-state index < -0.39 is 0 Å². The molecular weight excluding hydrogens is 186 g/mol. The Bertz CT molecular complexity index is 323. The van der Waals surface area contributed by atoms with Crippen LogP contribution < -0.4 is 5.32 Å². The molecule has 2 fully saturated rings. The zero-order valence-electron chi connectivity index (χ0n) is 9.15. The van der Waals surface area contributed by atoms with Crippen molar-refractivity contribution < 1.29 is 0 Å². The van der Waals surface area contributed by atoms with Crippen LogP contribution in [0.3, 0.4) is 0 Å². The number of hydrogen-bond donors (Lipinski definition) is 1. The maximum atomic E-state index is 4.41. The summed E-state index contributed by atoms with van der Waals surface area (Å²) < 4.78 is 2.12. The van der Waals surface area contributed by atoms with Crippen molar-refractivity contribution in [2.45, 2.75) is 51.2 Å². The van der Waals surface area contributed by atoms with E-state index in [1.807, 2.05) is 6.20 Å². The summed E-state index contributed by atoms with van der Waals surface area (Å²) in [5.74, 6) is 0.897. The van der Waals surface area contributed by atoms with Crippen molar-refractivity contribution >= 4 is 0 Å². The number of nitrogens with one attached hydrogen (secondary N) is 1. The Hall–Kier alpha value is -0.830. The van der Waals surface area contributed by atoms with Crippen LogP contribution in [0, 0.1) is 5.92 Å². The Morgan fingerprint density at radius 1 is 1.33 bits per heavy atom. The molecule has 2 aliphatic carbocycles. The van der Waals surface area contributed by atoms with Gasteiger partial charge in [0.1, 0.15) is 0 Å². The number of hydrogen-bond acceptors (Lipinski definition) is 2. The van der Waals surface area contributed by atoms with Crippen LogP contribution in [0.25, 0.3) is 0 Å². The van der Waals surface area contributed by atoms with E-state index >= 15 is 0 Å². The first kappa shape index (κ1) is 9.40. The molecule has 0 unspecified atom stereocenters. The van der Waals surface area contributed by atoms with Crippen LogP contribution >= 0.6 is 0 Å². The van der Waals surface area contributed by atoms with Crippen LogP contribution in [-0.4, -0.2) is 15.8 Å². The molecule has 0 bridgehead atoms. The molecule has 3 heteroatoms. The first-order valence-electron chi connectivity index (χ1n) is 6.15. The molecule has 0 atom stereocenters. The summed E-state index contributed by atoms with van der Waals surface area (Å²) in [6.07, 6.45) is 11.1. The van der Waals surface area contributed by atoms with E-state index in [9.17, 15) is 0 Å². The fourth-order valence-electron chi connectivity index (χ4n) is 2.09. The van der Waals surface area contributed by atoms with E-state index in [2.05, 4.69) is 21.3 Å². The number of nitrogens with zero attached hydrogens (tertiary/aromatic N) is 2. The van der Waals surface area contributed by atoms with Crippen LogP contribution in [0.15, 0.2) is 12.4 Å². The largest absolute Gasteiger partial charge is 0.310 e. The van der Waals surface area contributed by atoms with E-state index in [1.165, 1.54) is 37.7 Å². The van der Waals surface area contributed by atoms with E-state index in [4.69, 9.17) is 0 Å². The van der Waals surface area contributed by atoms with Gasteiger partial charge >= 0.3 is 0 Å². The maximum absolute atomic E-state index is 4.41. The van der Waals surface area contributed by atoms with Crippen molar-refractivity contribution in [3.63, 3.8) is 0 Å². The number of aromatic nitrogens is 2. The minimum atomic E-state index is 0.792. The molecule has 0 amide bonds. The van der Waals surface area contributed by atoms with Crippen LogP contribution in [0.2, 0.25) is 0 Å². The van der Waals surface area contributed by atoms with Gasteiger partial charge in [-0.1, -0.05) is 6.42 Å². The van der Waals surface area contributed by atoms with Gasteiger partial charge in [-0.05, 0) is 31.6 Å². The molecule has 0 radical (unpaired) electrons. The Kier molecular flexibility index (Phi) is 2.49. The highest BCUT2D eigenvalue weighted by Crippen LogP contribution is 2.27. The standard InChI is InChI=1S/C12H19N3/c1-2-10(3-1)8-15-9-11(7-14-15)6-13-12-4-5-12/h7,9-10,12-13H,1-6,8H2. The van der Waals surface area contributed by atoms with Crippen LogP contribution in [0.4, 0.5) is 0 Å². The zero-order chi connectivity index (χ0) is 10.1. The maximum Gasteiger partial charge on any atom is 0.0534 e. The van der Waals surface area contributed by atoms with Gasteiger partial charge in [0.2, 0.25) is 0 Å².